The quantitative estimate of drug-likeness (QED) is 0.861. The summed E-state index contributed by atoms with van der Waals surface area (Å²) in [4.78, 5) is 16.3. The molecule has 3 aliphatic rings. The van der Waals surface area contributed by atoms with Crippen LogP contribution in [0.15, 0.2) is 35.2 Å². The smallest absolute Gasteiger partial charge is 0.226 e. The zero-order valence-electron chi connectivity index (χ0n) is 13.7. The molecule has 1 aliphatic carbocycles. The first kappa shape index (κ1) is 15.5. The number of rotatable bonds is 4. The van der Waals surface area contributed by atoms with Crippen LogP contribution >= 0.6 is 11.8 Å². The van der Waals surface area contributed by atoms with Crippen LogP contribution in [-0.4, -0.2) is 42.7 Å². The topological polar surface area (TPSA) is 32.3 Å². The van der Waals surface area contributed by atoms with Crippen LogP contribution in [-0.2, 0) is 4.79 Å². The molecule has 1 N–H and O–H groups in total. The van der Waals surface area contributed by atoms with E-state index in [0.717, 1.165) is 38.4 Å². The van der Waals surface area contributed by atoms with Crippen molar-refractivity contribution in [2.45, 2.75) is 30.6 Å². The molecule has 1 aromatic rings. The molecule has 1 amide bonds. The van der Waals surface area contributed by atoms with Crippen LogP contribution in [0, 0.1) is 17.3 Å². The number of carbonyl (C=O) groups excluding carboxylic acids is 1. The molecular formula is C19H26N2OS. The Balaban J connectivity index is 1.26. The summed E-state index contributed by atoms with van der Waals surface area (Å²) in [6.07, 6.45) is 4.72. The van der Waals surface area contributed by atoms with Crippen LogP contribution in [0.25, 0.3) is 0 Å². The molecule has 2 heterocycles. The molecule has 23 heavy (non-hydrogen) atoms. The molecule has 2 aliphatic heterocycles. The Bertz CT molecular complexity index is 556. The molecule has 2 saturated heterocycles. The molecule has 2 unspecified atom stereocenters. The van der Waals surface area contributed by atoms with E-state index in [0.29, 0.717) is 23.2 Å². The van der Waals surface area contributed by atoms with Crippen LogP contribution < -0.4 is 5.32 Å². The fraction of sp³-hybridized carbons (Fsp3) is 0.632. The third kappa shape index (κ3) is 3.29. The lowest BCUT2D eigenvalue weighted by Gasteiger charge is -2.25. The molecule has 0 aromatic heterocycles. The summed E-state index contributed by atoms with van der Waals surface area (Å²) in [7, 11) is 0. The Labute approximate surface area is 143 Å². The largest absolute Gasteiger partial charge is 0.342 e. The maximum absolute atomic E-state index is 12.8. The van der Waals surface area contributed by atoms with E-state index in [1.165, 1.54) is 24.2 Å². The number of hydrogen-bond acceptors (Lipinski definition) is 3. The standard InChI is InChI=1S/C19H26N2OS/c22-18(17-12-19(17)7-9-20-10-8-19)21-11-6-15(13-21)14-23-16-4-2-1-3-5-16/h1-5,15,17,20H,6-14H2. The maximum Gasteiger partial charge on any atom is 0.226 e. The van der Waals surface area contributed by atoms with Crippen LogP contribution in [0.1, 0.15) is 25.7 Å². The summed E-state index contributed by atoms with van der Waals surface area (Å²) >= 11 is 1.93. The number of carbonyl (C=O) groups is 1. The Kier molecular flexibility index (Phi) is 4.37. The van der Waals surface area contributed by atoms with Gasteiger partial charge >= 0.3 is 0 Å². The molecular weight excluding hydrogens is 304 g/mol. The van der Waals surface area contributed by atoms with Crippen molar-refractivity contribution < 1.29 is 4.79 Å². The Morgan fingerprint density at radius 1 is 1.26 bits per heavy atom. The first-order valence-corrected chi connectivity index (χ1v) is 9.93. The normalized spacial score (nSPS) is 29.0. The molecule has 1 saturated carbocycles. The van der Waals surface area contributed by atoms with Gasteiger partial charge in [0.1, 0.15) is 0 Å². The predicted molar refractivity (Wildman–Crippen MR) is 94.5 cm³/mol. The molecule has 0 bridgehead atoms. The average Bonchev–Trinajstić information content (AvgIpc) is 3.07. The van der Waals surface area contributed by atoms with Crippen molar-refractivity contribution in [1.82, 2.24) is 10.2 Å². The first-order chi connectivity index (χ1) is 11.3. The Morgan fingerprint density at radius 3 is 2.83 bits per heavy atom. The van der Waals surface area contributed by atoms with E-state index in [9.17, 15) is 4.79 Å². The zero-order chi connectivity index (χ0) is 15.7. The van der Waals surface area contributed by atoms with E-state index in [2.05, 4.69) is 40.5 Å². The van der Waals surface area contributed by atoms with Gasteiger partial charge in [-0.15, -0.1) is 11.8 Å². The van der Waals surface area contributed by atoms with E-state index < -0.39 is 0 Å². The highest BCUT2D eigenvalue weighted by Gasteiger charge is 2.58. The lowest BCUT2D eigenvalue weighted by molar-refractivity contribution is -0.132. The maximum atomic E-state index is 12.8. The lowest BCUT2D eigenvalue weighted by Crippen LogP contribution is -2.35. The van der Waals surface area contributed by atoms with Gasteiger partial charge < -0.3 is 10.2 Å². The second-order valence-corrected chi connectivity index (χ2v) is 8.53. The number of nitrogens with one attached hydrogen (secondary N) is 1. The van der Waals surface area contributed by atoms with E-state index in [1.807, 2.05) is 11.8 Å². The molecule has 4 rings (SSSR count). The average molecular weight is 330 g/mol. The van der Waals surface area contributed by atoms with Crippen molar-refractivity contribution >= 4 is 17.7 Å². The summed E-state index contributed by atoms with van der Waals surface area (Å²) in [5, 5.41) is 3.42. The van der Waals surface area contributed by atoms with Crippen molar-refractivity contribution in [3.63, 3.8) is 0 Å². The number of likely N-dealkylation sites (tertiary alicyclic amines) is 1. The third-order valence-electron chi connectivity index (χ3n) is 5.91. The third-order valence-corrected chi connectivity index (χ3v) is 7.16. The lowest BCUT2D eigenvalue weighted by atomic mass is 9.91. The molecule has 1 spiro atoms. The fourth-order valence-electron chi connectivity index (χ4n) is 4.29. The summed E-state index contributed by atoms with van der Waals surface area (Å²) in [6, 6.07) is 10.6. The highest BCUT2D eigenvalue weighted by Crippen LogP contribution is 2.59. The number of nitrogens with zero attached hydrogens (tertiary/aromatic N) is 1. The van der Waals surface area contributed by atoms with Gasteiger partial charge in [-0.25, -0.2) is 0 Å². The van der Waals surface area contributed by atoms with E-state index >= 15 is 0 Å². The molecule has 124 valence electrons. The van der Waals surface area contributed by atoms with Crippen molar-refractivity contribution in [2.75, 3.05) is 31.9 Å². The molecule has 3 nitrogen and oxygen atoms in total. The summed E-state index contributed by atoms with van der Waals surface area (Å²) in [5.41, 5.74) is 0.374. The molecule has 2 atom stereocenters. The predicted octanol–water partition coefficient (Wildman–Crippen LogP) is 3.02. The van der Waals surface area contributed by atoms with Gasteiger partial charge in [0, 0.05) is 29.7 Å². The molecule has 1 aromatic carbocycles. The molecule has 0 radical (unpaired) electrons. The van der Waals surface area contributed by atoms with Gasteiger partial charge in [-0.2, -0.15) is 0 Å². The van der Waals surface area contributed by atoms with E-state index in [4.69, 9.17) is 0 Å². The molecule has 4 heteroatoms. The van der Waals surface area contributed by atoms with Gasteiger partial charge in [0.15, 0.2) is 0 Å². The number of hydrogen-bond donors (Lipinski definition) is 1. The minimum absolute atomic E-state index is 0.338. The fourth-order valence-corrected chi connectivity index (χ4v) is 5.34. The Morgan fingerprint density at radius 2 is 2.04 bits per heavy atom. The highest BCUT2D eigenvalue weighted by atomic mass is 32.2. The number of amides is 1. The van der Waals surface area contributed by atoms with Crippen molar-refractivity contribution in [1.29, 1.82) is 0 Å². The van der Waals surface area contributed by atoms with Gasteiger partial charge in [0.05, 0.1) is 0 Å². The van der Waals surface area contributed by atoms with Crippen LogP contribution in [0.4, 0.5) is 0 Å². The van der Waals surface area contributed by atoms with Gasteiger partial charge in [-0.1, -0.05) is 18.2 Å². The van der Waals surface area contributed by atoms with Gasteiger partial charge in [0.2, 0.25) is 5.91 Å². The minimum Gasteiger partial charge on any atom is -0.342 e. The number of piperidine rings is 1. The van der Waals surface area contributed by atoms with Crippen molar-refractivity contribution in [2.24, 2.45) is 17.3 Å². The summed E-state index contributed by atoms with van der Waals surface area (Å²) in [5.74, 6) is 2.59. The highest BCUT2D eigenvalue weighted by molar-refractivity contribution is 7.99. The second kappa shape index (κ2) is 6.48. The second-order valence-electron chi connectivity index (χ2n) is 7.43. The zero-order valence-corrected chi connectivity index (χ0v) is 14.5. The monoisotopic (exact) mass is 330 g/mol. The van der Waals surface area contributed by atoms with Crippen molar-refractivity contribution in [3.8, 4) is 0 Å². The minimum atomic E-state index is 0.338. The SMILES string of the molecule is O=C(C1CC12CCNCC2)N1CCC(CSc2ccccc2)C1. The van der Waals surface area contributed by atoms with E-state index in [-0.39, 0.29) is 0 Å². The number of thioether (sulfide) groups is 1. The van der Waals surface area contributed by atoms with Gasteiger partial charge in [-0.3, -0.25) is 4.79 Å². The van der Waals surface area contributed by atoms with Crippen LogP contribution in [0.5, 0.6) is 0 Å². The van der Waals surface area contributed by atoms with Gasteiger partial charge in [-0.05, 0) is 62.2 Å². The first-order valence-electron chi connectivity index (χ1n) is 8.94. The van der Waals surface area contributed by atoms with Crippen LogP contribution in [0.3, 0.4) is 0 Å². The number of benzene rings is 1. The summed E-state index contributed by atoms with van der Waals surface area (Å²) in [6.45, 7) is 4.15. The summed E-state index contributed by atoms with van der Waals surface area (Å²) < 4.78 is 0. The molecule has 3 fully saturated rings. The van der Waals surface area contributed by atoms with Crippen molar-refractivity contribution in [3.05, 3.63) is 30.3 Å². The van der Waals surface area contributed by atoms with E-state index in [1.54, 1.807) is 0 Å². The van der Waals surface area contributed by atoms with Crippen LogP contribution in [0.2, 0.25) is 0 Å². The Hall–Kier alpha value is -1.00. The van der Waals surface area contributed by atoms with Gasteiger partial charge in [0.25, 0.3) is 0 Å².